The van der Waals surface area contributed by atoms with E-state index in [1.165, 1.54) is 10.4 Å². The first-order chi connectivity index (χ1) is 18.5. The molecule has 0 aromatic heterocycles. The summed E-state index contributed by atoms with van der Waals surface area (Å²) >= 11 is 0. The lowest BCUT2D eigenvalue weighted by Crippen LogP contribution is -2.66. The van der Waals surface area contributed by atoms with Crippen LogP contribution < -0.4 is 15.1 Å². The molecular weight excluding hydrogens is 496 g/mol. The van der Waals surface area contributed by atoms with Crippen molar-refractivity contribution < 1.29 is 28.2 Å². The molecule has 3 aromatic carbocycles. The maximum atomic E-state index is 10.7. The molecule has 0 aliphatic heterocycles. The molecule has 0 spiro atoms. The zero-order valence-electron chi connectivity index (χ0n) is 22.8. The SMILES string of the molecule is CC(C)(C)[Si](OCCOCCOCCOCCOc1ccc(C=O)cc1)(c1ccccc1)c1ccccc1. The maximum absolute atomic E-state index is 10.7. The van der Waals surface area contributed by atoms with Crippen molar-refractivity contribution in [2.45, 2.75) is 25.8 Å². The summed E-state index contributed by atoms with van der Waals surface area (Å²) in [6, 6.07) is 28.2. The number of carbonyl (C=O) groups is 1. The molecule has 3 aromatic rings. The third kappa shape index (κ3) is 8.61. The van der Waals surface area contributed by atoms with E-state index >= 15 is 0 Å². The van der Waals surface area contributed by atoms with Gasteiger partial charge in [0.25, 0.3) is 8.32 Å². The van der Waals surface area contributed by atoms with Crippen LogP contribution in [-0.4, -0.2) is 67.5 Å². The van der Waals surface area contributed by atoms with Crippen LogP contribution >= 0.6 is 0 Å². The highest BCUT2D eigenvalue weighted by Gasteiger charge is 2.49. The van der Waals surface area contributed by atoms with Gasteiger partial charge < -0.3 is 23.4 Å². The molecule has 0 fully saturated rings. The number of rotatable bonds is 17. The van der Waals surface area contributed by atoms with Gasteiger partial charge >= 0.3 is 0 Å². The van der Waals surface area contributed by atoms with Crippen molar-refractivity contribution in [3.63, 3.8) is 0 Å². The van der Waals surface area contributed by atoms with Gasteiger partial charge in [-0.25, -0.2) is 0 Å². The van der Waals surface area contributed by atoms with Crippen molar-refractivity contribution in [2.75, 3.05) is 52.9 Å². The van der Waals surface area contributed by atoms with Crippen LogP contribution in [0.3, 0.4) is 0 Å². The Morgan fingerprint density at radius 1 is 0.605 bits per heavy atom. The minimum Gasteiger partial charge on any atom is -0.491 e. The quantitative estimate of drug-likeness (QED) is 0.144. The largest absolute Gasteiger partial charge is 0.491 e. The molecule has 204 valence electrons. The highest BCUT2D eigenvalue weighted by atomic mass is 28.4. The summed E-state index contributed by atoms with van der Waals surface area (Å²) in [5, 5.41) is 2.48. The highest BCUT2D eigenvalue weighted by Crippen LogP contribution is 2.36. The Balaban J connectivity index is 1.32. The fraction of sp³-hybridized carbons (Fsp3) is 0.387. The number of hydrogen-bond donors (Lipinski definition) is 0. The van der Waals surface area contributed by atoms with Gasteiger partial charge in [-0.2, -0.15) is 0 Å². The first-order valence-electron chi connectivity index (χ1n) is 13.1. The van der Waals surface area contributed by atoms with Crippen LogP contribution in [0.4, 0.5) is 0 Å². The summed E-state index contributed by atoms with van der Waals surface area (Å²) in [6.45, 7) is 10.7. The molecule has 0 heterocycles. The first-order valence-corrected chi connectivity index (χ1v) is 15.0. The molecule has 0 aliphatic rings. The third-order valence-electron chi connectivity index (χ3n) is 6.22. The van der Waals surface area contributed by atoms with E-state index in [1.54, 1.807) is 24.3 Å². The highest BCUT2D eigenvalue weighted by molar-refractivity contribution is 6.99. The molecular formula is C31H40O6Si. The second-order valence-corrected chi connectivity index (χ2v) is 14.2. The lowest BCUT2D eigenvalue weighted by Gasteiger charge is -2.43. The van der Waals surface area contributed by atoms with E-state index < -0.39 is 8.32 Å². The summed E-state index contributed by atoms with van der Waals surface area (Å²) < 4.78 is 29.4. The van der Waals surface area contributed by atoms with Crippen molar-refractivity contribution in [3.05, 3.63) is 90.5 Å². The molecule has 3 rings (SSSR count). The Hall–Kier alpha value is -2.81. The molecule has 0 amide bonds. The standard InChI is InChI=1S/C31H40O6Si/c1-31(2,3)38(29-10-6-4-7-11-29,30-12-8-5-9-13-30)37-25-23-35-21-19-33-18-20-34-22-24-36-28-16-14-27(26-32)15-17-28/h4-17,26H,18-25H2,1-3H3. The monoisotopic (exact) mass is 536 g/mol. The van der Waals surface area contributed by atoms with Gasteiger partial charge in [-0.3, -0.25) is 4.79 Å². The van der Waals surface area contributed by atoms with Crippen LogP contribution in [0.1, 0.15) is 31.1 Å². The average Bonchev–Trinajstić information content (AvgIpc) is 2.94. The minimum absolute atomic E-state index is 0.0507. The van der Waals surface area contributed by atoms with Gasteiger partial charge in [0, 0.05) is 5.56 Å². The number of aldehydes is 1. The van der Waals surface area contributed by atoms with Gasteiger partial charge in [0.1, 0.15) is 18.6 Å². The molecule has 0 atom stereocenters. The van der Waals surface area contributed by atoms with E-state index in [1.807, 2.05) is 0 Å². The molecule has 0 unspecified atom stereocenters. The fourth-order valence-electron chi connectivity index (χ4n) is 4.42. The molecule has 0 bridgehead atoms. The Bertz CT molecular complexity index is 1010. The summed E-state index contributed by atoms with van der Waals surface area (Å²) in [5.74, 6) is 0.714. The second-order valence-electron chi connectivity index (χ2n) is 9.88. The molecule has 0 saturated carbocycles. The van der Waals surface area contributed by atoms with Crippen LogP contribution in [0, 0.1) is 0 Å². The van der Waals surface area contributed by atoms with Crippen LogP contribution in [0.15, 0.2) is 84.9 Å². The van der Waals surface area contributed by atoms with Crippen LogP contribution in [0.5, 0.6) is 5.75 Å². The molecule has 0 aliphatic carbocycles. The molecule has 38 heavy (non-hydrogen) atoms. The van der Waals surface area contributed by atoms with Crippen LogP contribution in [0.25, 0.3) is 0 Å². The lowest BCUT2D eigenvalue weighted by atomic mass is 10.2. The van der Waals surface area contributed by atoms with E-state index in [4.69, 9.17) is 23.4 Å². The molecule has 7 heteroatoms. The average molecular weight is 537 g/mol. The predicted molar refractivity (Wildman–Crippen MR) is 153 cm³/mol. The fourth-order valence-corrected chi connectivity index (χ4v) is 8.96. The molecule has 0 saturated heterocycles. The Kier molecular flexibility index (Phi) is 12.2. The summed E-state index contributed by atoms with van der Waals surface area (Å²) in [4.78, 5) is 10.7. The van der Waals surface area contributed by atoms with Crippen molar-refractivity contribution >= 4 is 25.0 Å². The Labute approximate surface area is 228 Å². The number of benzene rings is 3. The van der Waals surface area contributed by atoms with E-state index in [0.29, 0.717) is 64.2 Å². The summed E-state index contributed by atoms with van der Waals surface area (Å²) in [5.41, 5.74) is 0.626. The van der Waals surface area contributed by atoms with Crippen molar-refractivity contribution in [1.29, 1.82) is 0 Å². The molecule has 0 radical (unpaired) electrons. The normalized spacial score (nSPS) is 11.9. The Morgan fingerprint density at radius 2 is 1.05 bits per heavy atom. The summed E-state index contributed by atoms with van der Waals surface area (Å²) in [6.07, 6.45) is 0.808. The third-order valence-corrected chi connectivity index (χ3v) is 11.3. The van der Waals surface area contributed by atoms with Gasteiger partial charge in [0.2, 0.25) is 0 Å². The lowest BCUT2D eigenvalue weighted by molar-refractivity contribution is 0.00451. The van der Waals surface area contributed by atoms with E-state index in [9.17, 15) is 4.79 Å². The number of hydrogen-bond acceptors (Lipinski definition) is 6. The van der Waals surface area contributed by atoms with Crippen molar-refractivity contribution in [1.82, 2.24) is 0 Å². The van der Waals surface area contributed by atoms with E-state index in [2.05, 4.69) is 81.4 Å². The van der Waals surface area contributed by atoms with Crippen molar-refractivity contribution in [2.24, 2.45) is 0 Å². The first kappa shape index (κ1) is 29.7. The van der Waals surface area contributed by atoms with Gasteiger partial charge in [0.05, 0.1) is 46.2 Å². The number of ether oxygens (including phenoxy) is 4. The topological polar surface area (TPSA) is 63.2 Å². The van der Waals surface area contributed by atoms with Crippen LogP contribution in [-0.2, 0) is 18.6 Å². The Morgan fingerprint density at radius 3 is 1.50 bits per heavy atom. The van der Waals surface area contributed by atoms with Crippen molar-refractivity contribution in [3.8, 4) is 5.75 Å². The number of carbonyl (C=O) groups excluding carboxylic acids is 1. The van der Waals surface area contributed by atoms with Crippen LogP contribution in [0.2, 0.25) is 5.04 Å². The van der Waals surface area contributed by atoms with Gasteiger partial charge in [-0.05, 0) is 39.7 Å². The van der Waals surface area contributed by atoms with E-state index in [0.717, 1.165) is 6.29 Å². The smallest absolute Gasteiger partial charge is 0.261 e. The summed E-state index contributed by atoms with van der Waals surface area (Å²) in [7, 11) is -2.52. The van der Waals surface area contributed by atoms with Gasteiger partial charge in [0.15, 0.2) is 0 Å². The molecule has 6 nitrogen and oxygen atoms in total. The minimum atomic E-state index is -2.52. The molecule has 0 N–H and O–H groups in total. The van der Waals surface area contributed by atoms with Gasteiger partial charge in [-0.1, -0.05) is 81.4 Å². The van der Waals surface area contributed by atoms with Gasteiger partial charge in [-0.15, -0.1) is 0 Å². The zero-order chi connectivity index (χ0) is 27.1. The van der Waals surface area contributed by atoms with E-state index in [-0.39, 0.29) is 5.04 Å². The maximum Gasteiger partial charge on any atom is 0.261 e. The zero-order valence-corrected chi connectivity index (χ0v) is 23.8. The predicted octanol–water partition coefficient (Wildman–Crippen LogP) is 4.50. The second kappa shape index (κ2) is 15.6.